The molecule has 1 unspecified atom stereocenters. The number of benzene rings is 1. The van der Waals surface area contributed by atoms with Crippen LogP contribution in [0.4, 0.5) is 0 Å². The smallest absolute Gasteiger partial charge is 0.0161 e. The van der Waals surface area contributed by atoms with E-state index in [2.05, 4.69) is 43.1 Å². The Balaban J connectivity index is 0.000000287. The van der Waals surface area contributed by atoms with E-state index in [0.717, 1.165) is 22.6 Å². The first-order valence-electron chi connectivity index (χ1n) is 7.29. The quantitative estimate of drug-likeness (QED) is 0.380. The molecular weight excluding hydrogens is 393 g/mol. The van der Waals surface area contributed by atoms with Crippen molar-refractivity contribution in [3.63, 3.8) is 0 Å². The van der Waals surface area contributed by atoms with Crippen molar-refractivity contribution in [2.45, 2.75) is 20.3 Å². The van der Waals surface area contributed by atoms with Crippen LogP contribution < -0.4 is 0 Å². The van der Waals surface area contributed by atoms with Crippen LogP contribution in [0.5, 0.6) is 0 Å². The zero-order valence-electron chi connectivity index (χ0n) is 13.4. The Morgan fingerprint density at radius 1 is 1.26 bits per heavy atom. The second-order valence-corrected chi connectivity index (χ2v) is 6.48. The molecule has 0 bridgehead atoms. The maximum Gasteiger partial charge on any atom is 0.0161 e. The van der Waals surface area contributed by atoms with Crippen LogP contribution in [0.2, 0.25) is 0 Å². The maximum atomic E-state index is 5.37. The molecule has 0 N–H and O–H groups in total. The Hall–Kier alpha value is -1.27. The summed E-state index contributed by atoms with van der Waals surface area (Å²) in [4.78, 5) is 5.43. The number of aromatic nitrogens is 1. The van der Waals surface area contributed by atoms with E-state index in [1.165, 1.54) is 10.1 Å². The van der Waals surface area contributed by atoms with Gasteiger partial charge in [0.25, 0.3) is 0 Å². The molecule has 23 heavy (non-hydrogen) atoms. The van der Waals surface area contributed by atoms with Gasteiger partial charge in [-0.25, -0.2) is 11.3 Å². The topological polar surface area (TPSA) is 12.9 Å². The van der Waals surface area contributed by atoms with Gasteiger partial charge in [0.1, 0.15) is 0 Å². The van der Waals surface area contributed by atoms with Gasteiger partial charge in [0.05, 0.1) is 0 Å². The fourth-order valence-electron chi connectivity index (χ4n) is 2.08. The normalized spacial score (nSPS) is 11.1. The summed E-state index contributed by atoms with van der Waals surface area (Å²) >= 11 is 1.73. The zero-order chi connectivity index (χ0) is 15.9. The number of hydrogen-bond donors (Lipinski definition) is 0. The molecule has 3 heteroatoms. The van der Waals surface area contributed by atoms with Gasteiger partial charge in [-0.05, 0) is 15.6 Å². The zero-order valence-corrected chi connectivity index (χ0v) is 15.7. The first kappa shape index (κ1) is 19.8. The predicted molar refractivity (Wildman–Crippen MR) is 96.5 cm³/mol. The molecule has 0 amide bonds. The first-order valence-corrected chi connectivity index (χ1v) is 8.11. The molecule has 1 aromatic carbocycles. The van der Waals surface area contributed by atoms with E-state index < -0.39 is 0 Å². The second-order valence-electron chi connectivity index (χ2n) is 5.42. The molecular formula is C20H20NPdS-3. The van der Waals surface area contributed by atoms with Crippen LogP contribution in [-0.2, 0) is 20.4 Å². The molecule has 0 aliphatic rings. The summed E-state index contributed by atoms with van der Waals surface area (Å²) in [5.41, 5.74) is 1.97. The van der Waals surface area contributed by atoms with E-state index in [1.54, 1.807) is 11.3 Å². The molecule has 0 spiro atoms. The van der Waals surface area contributed by atoms with Crippen LogP contribution >= 0.6 is 11.3 Å². The maximum absolute atomic E-state index is 5.37. The van der Waals surface area contributed by atoms with Gasteiger partial charge in [-0.3, -0.25) is 5.57 Å². The molecule has 0 aliphatic heterocycles. The van der Waals surface area contributed by atoms with Crippen LogP contribution in [-0.4, -0.2) is 4.98 Å². The van der Waals surface area contributed by atoms with E-state index in [4.69, 9.17) is 6.58 Å². The Morgan fingerprint density at radius 3 is 2.48 bits per heavy atom. The van der Waals surface area contributed by atoms with E-state index in [-0.39, 0.29) is 20.4 Å². The molecule has 0 radical (unpaired) electrons. The van der Waals surface area contributed by atoms with Gasteiger partial charge in [-0.15, -0.1) is 23.6 Å². The number of nitrogens with zero attached hydrogens (tertiary/aromatic N) is 1. The molecule has 0 aliphatic carbocycles. The Kier molecular flexibility index (Phi) is 8.41. The average Bonchev–Trinajstić information content (AvgIpc) is 2.91. The van der Waals surface area contributed by atoms with Crippen LogP contribution in [0, 0.1) is 25.5 Å². The summed E-state index contributed by atoms with van der Waals surface area (Å²) < 4.78 is 1.26. The molecule has 2 aromatic heterocycles. The van der Waals surface area contributed by atoms with Gasteiger partial charge in [-0.2, -0.15) is 5.92 Å². The van der Waals surface area contributed by atoms with Gasteiger partial charge >= 0.3 is 0 Å². The summed E-state index contributed by atoms with van der Waals surface area (Å²) in [6, 6.07) is 17.6. The predicted octanol–water partition coefficient (Wildman–Crippen LogP) is 5.99. The van der Waals surface area contributed by atoms with Gasteiger partial charge < -0.3 is 18.5 Å². The van der Waals surface area contributed by atoms with Crippen molar-refractivity contribution in [3.8, 4) is 10.6 Å². The summed E-state index contributed by atoms with van der Waals surface area (Å²) in [6.07, 6.45) is 2.76. The minimum absolute atomic E-state index is 0. The van der Waals surface area contributed by atoms with Gasteiger partial charge in [-0.1, -0.05) is 44.5 Å². The third-order valence-electron chi connectivity index (χ3n) is 2.92. The van der Waals surface area contributed by atoms with E-state index in [1.807, 2.05) is 37.4 Å². The fraction of sp³-hybridized carbons (Fsp3) is 0.200. The first-order chi connectivity index (χ1) is 10.6. The monoisotopic (exact) mass is 412 g/mol. The van der Waals surface area contributed by atoms with Crippen molar-refractivity contribution >= 4 is 21.4 Å². The summed E-state index contributed by atoms with van der Waals surface area (Å²) in [6.45, 7) is 13.1. The van der Waals surface area contributed by atoms with Gasteiger partial charge in [0.2, 0.25) is 0 Å². The molecule has 1 atom stereocenters. The Labute approximate surface area is 157 Å². The molecule has 1 nitrogen and oxygen atoms in total. The Bertz CT molecular complexity index is 698. The van der Waals surface area contributed by atoms with Crippen molar-refractivity contribution in [3.05, 3.63) is 73.8 Å². The number of thiophene rings is 1. The summed E-state index contributed by atoms with van der Waals surface area (Å²) in [5.74, 6) is 0.463. The van der Waals surface area contributed by atoms with Crippen molar-refractivity contribution in [1.82, 2.24) is 4.98 Å². The number of allylic oxidation sites excluding steroid dienone is 1. The van der Waals surface area contributed by atoms with Crippen molar-refractivity contribution in [1.29, 1.82) is 0 Å². The fourth-order valence-corrected chi connectivity index (χ4v) is 3.06. The number of pyridine rings is 1. The Morgan fingerprint density at radius 2 is 1.96 bits per heavy atom. The number of rotatable bonds is 3. The summed E-state index contributed by atoms with van der Waals surface area (Å²) in [7, 11) is 0. The molecule has 2 heterocycles. The molecule has 0 saturated heterocycles. The summed E-state index contributed by atoms with van der Waals surface area (Å²) in [5, 5.41) is 1.17. The van der Waals surface area contributed by atoms with Gasteiger partial charge in [0, 0.05) is 32.3 Å². The molecule has 124 valence electrons. The number of hydrogen-bond acceptors (Lipinski definition) is 2. The molecule has 3 aromatic rings. The minimum atomic E-state index is 0. The van der Waals surface area contributed by atoms with Crippen LogP contribution in [0.25, 0.3) is 20.7 Å². The molecule has 0 fully saturated rings. The van der Waals surface area contributed by atoms with E-state index in [9.17, 15) is 0 Å². The molecule has 0 saturated carbocycles. The average molecular weight is 413 g/mol. The van der Waals surface area contributed by atoms with E-state index >= 15 is 0 Å². The number of fused-ring (bicyclic) bond motifs is 1. The third-order valence-corrected chi connectivity index (χ3v) is 4.01. The van der Waals surface area contributed by atoms with Crippen LogP contribution in [0.15, 0.2) is 54.2 Å². The van der Waals surface area contributed by atoms with Crippen LogP contribution in [0.1, 0.15) is 20.3 Å². The van der Waals surface area contributed by atoms with Crippen molar-refractivity contribution < 1.29 is 20.4 Å². The second kappa shape index (κ2) is 9.78. The largest absolute Gasteiger partial charge is 0.515 e. The third kappa shape index (κ3) is 6.39. The molecule has 3 rings (SSSR count). The van der Waals surface area contributed by atoms with Gasteiger partial charge in [0.15, 0.2) is 0 Å². The standard InChI is InChI=1S/C13H8NS.C7H12.Pd/c1-2-7-12-10(5-1)9-13(15-12)11-6-3-4-8-14-11;1-6(2)5-7(3)4;/h1-8H;1,7H,3,5H2,2,4H3;/q-1;-2;. The van der Waals surface area contributed by atoms with Crippen molar-refractivity contribution in [2.24, 2.45) is 5.92 Å². The minimum Gasteiger partial charge on any atom is -0.515 e. The van der Waals surface area contributed by atoms with E-state index in [0.29, 0.717) is 5.92 Å². The van der Waals surface area contributed by atoms with Crippen LogP contribution in [0.3, 0.4) is 0 Å². The van der Waals surface area contributed by atoms with Crippen molar-refractivity contribution in [2.75, 3.05) is 0 Å². The SMILES string of the molecule is [CH-]=C(C)CC([CH2-])C.[Pd].[c-]1c(-c2ccccn2)sc2ccccc12.